The molecule has 0 aromatic heterocycles. The van der Waals surface area contributed by atoms with Gasteiger partial charge >= 0.3 is 39.5 Å². The molecule has 0 aliphatic carbocycles. The van der Waals surface area contributed by atoms with Crippen molar-refractivity contribution in [3.05, 3.63) is 0 Å². The summed E-state index contributed by atoms with van der Waals surface area (Å²) in [6, 6.07) is 0. The van der Waals surface area contributed by atoms with Crippen molar-refractivity contribution in [1.82, 2.24) is 0 Å². The van der Waals surface area contributed by atoms with Crippen LogP contribution < -0.4 is 0 Å². The van der Waals surface area contributed by atoms with E-state index < -0.39 is 97.5 Å². The molecule has 3 N–H and O–H groups in total. The van der Waals surface area contributed by atoms with Crippen LogP contribution in [0.1, 0.15) is 357 Å². The van der Waals surface area contributed by atoms with Crippen molar-refractivity contribution in [2.45, 2.75) is 375 Å². The zero-order chi connectivity index (χ0) is 66.6. The highest BCUT2D eigenvalue weighted by Gasteiger charge is 2.30. The molecule has 0 aliphatic heterocycles. The van der Waals surface area contributed by atoms with Crippen LogP contribution in [0.4, 0.5) is 0 Å². The van der Waals surface area contributed by atoms with Crippen LogP contribution >= 0.6 is 15.6 Å². The molecule has 0 fully saturated rings. The maximum atomic E-state index is 13.0. The molecule has 19 heteroatoms. The Labute approximate surface area is 549 Å². The Kier molecular flexibility index (Phi) is 60.6. The molecular weight excluding hydrogens is 1190 g/mol. The Morgan fingerprint density at radius 3 is 0.844 bits per heavy atom. The Balaban J connectivity index is 5.24. The van der Waals surface area contributed by atoms with Crippen LogP contribution in [0.3, 0.4) is 0 Å². The lowest BCUT2D eigenvalue weighted by atomic mass is 9.99. The van der Waals surface area contributed by atoms with E-state index in [1.807, 2.05) is 0 Å². The average molecular weight is 1330 g/mol. The van der Waals surface area contributed by atoms with Gasteiger partial charge in [0.1, 0.15) is 19.3 Å². The first kappa shape index (κ1) is 88.1. The molecule has 0 saturated carbocycles. The molecule has 534 valence electrons. The second kappa shape index (κ2) is 61.9. The average Bonchev–Trinajstić information content (AvgIpc) is 3.73. The number of phosphoric ester groups is 2. The molecule has 7 atom stereocenters. The Hall–Kier alpha value is -1.94. The maximum absolute atomic E-state index is 13.0. The van der Waals surface area contributed by atoms with Crippen LogP contribution in [-0.4, -0.2) is 96.7 Å². The minimum absolute atomic E-state index is 0.105. The number of aliphatic hydroxyl groups is 1. The molecule has 0 aromatic rings. The molecular formula is C71H138O17P2. The summed E-state index contributed by atoms with van der Waals surface area (Å²) in [5.74, 6) is 0.215. The van der Waals surface area contributed by atoms with Crippen LogP contribution in [0.2, 0.25) is 0 Å². The quantitative estimate of drug-likeness (QED) is 0.0222. The molecule has 0 aliphatic rings. The fourth-order valence-electron chi connectivity index (χ4n) is 10.7. The molecule has 4 unspecified atom stereocenters. The first-order chi connectivity index (χ1) is 43.3. The number of rotatable bonds is 69. The number of aliphatic hydroxyl groups excluding tert-OH is 1. The predicted molar refractivity (Wildman–Crippen MR) is 363 cm³/mol. The van der Waals surface area contributed by atoms with E-state index in [1.165, 1.54) is 167 Å². The third-order valence-corrected chi connectivity index (χ3v) is 19.0. The predicted octanol–water partition coefficient (Wildman–Crippen LogP) is 20.2. The van der Waals surface area contributed by atoms with Crippen molar-refractivity contribution in [2.24, 2.45) is 17.8 Å². The Morgan fingerprint density at radius 1 is 0.322 bits per heavy atom. The van der Waals surface area contributed by atoms with E-state index in [0.29, 0.717) is 25.7 Å². The van der Waals surface area contributed by atoms with Crippen molar-refractivity contribution in [1.29, 1.82) is 0 Å². The highest BCUT2D eigenvalue weighted by atomic mass is 31.2. The van der Waals surface area contributed by atoms with E-state index in [-0.39, 0.29) is 25.7 Å². The molecule has 0 saturated heterocycles. The molecule has 0 bridgehead atoms. The zero-order valence-electron chi connectivity index (χ0n) is 58.6. The van der Waals surface area contributed by atoms with Crippen LogP contribution in [0, 0.1) is 17.8 Å². The summed E-state index contributed by atoms with van der Waals surface area (Å²) in [6.07, 6.45) is 45.7. The fraction of sp³-hybridized carbons (Fsp3) is 0.944. The number of unbranched alkanes of at least 4 members (excludes halogenated alkanes) is 35. The minimum atomic E-state index is -4.95. The normalized spacial score (nSPS) is 14.8. The number of hydrogen-bond donors (Lipinski definition) is 3. The van der Waals surface area contributed by atoms with Crippen molar-refractivity contribution >= 4 is 39.5 Å². The van der Waals surface area contributed by atoms with E-state index in [0.717, 1.165) is 108 Å². The van der Waals surface area contributed by atoms with Gasteiger partial charge in [0.25, 0.3) is 0 Å². The van der Waals surface area contributed by atoms with Gasteiger partial charge in [-0.15, -0.1) is 0 Å². The van der Waals surface area contributed by atoms with Crippen LogP contribution in [0.25, 0.3) is 0 Å². The Morgan fingerprint density at radius 2 is 0.567 bits per heavy atom. The van der Waals surface area contributed by atoms with Gasteiger partial charge in [0, 0.05) is 25.7 Å². The second-order valence-electron chi connectivity index (χ2n) is 26.6. The lowest BCUT2D eigenvalue weighted by molar-refractivity contribution is -0.161. The molecule has 90 heavy (non-hydrogen) atoms. The number of esters is 4. The first-order valence-corrected chi connectivity index (χ1v) is 39.9. The van der Waals surface area contributed by atoms with Gasteiger partial charge in [0.2, 0.25) is 0 Å². The van der Waals surface area contributed by atoms with Gasteiger partial charge in [-0.2, -0.15) is 0 Å². The van der Waals surface area contributed by atoms with Gasteiger partial charge in [-0.1, -0.05) is 305 Å². The minimum Gasteiger partial charge on any atom is -0.462 e. The summed E-state index contributed by atoms with van der Waals surface area (Å²) in [6.45, 7) is 11.9. The summed E-state index contributed by atoms with van der Waals surface area (Å²) in [5.41, 5.74) is 0. The van der Waals surface area contributed by atoms with Gasteiger partial charge in [-0.3, -0.25) is 37.3 Å². The van der Waals surface area contributed by atoms with E-state index in [2.05, 4.69) is 48.5 Å². The van der Waals surface area contributed by atoms with Crippen molar-refractivity contribution in [3.8, 4) is 0 Å². The molecule has 0 aromatic carbocycles. The third kappa shape index (κ3) is 62.2. The van der Waals surface area contributed by atoms with Gasteiger partial charge in [0.15, 0.2) is 12.2 Å². The van der Waals surface area contributed by atoms with E-state index >= 15 is 0 Å². The maximum Gasteiger partial charge on any atom is 0.472 e. The smallest absolute Gasteiger partial charge is 0.462 e. The number of phosphoric acid groups is 2. The lowest BCUT2D eigenvalue weighted by Gasteiger charge is -2.21. The van der Waals surface area contributed by atoms with Gasteiger partial charge in [-0.25, -0.2) is 9.13 Å². The molecule has 0 spiro atoms. The van der Waals surface area contributed by atoms with E-state index in [1.54, 1.807) is 0 Å². The lowest BCUT2D eigenvalue weighted by Crippen LogP contribution is -2.30. The number of ether oxygens (including phenoxy) is 4. The molecule has 17 nitrogen and oxygen atoms in total. The Bertz CT molecular complexity index is 1770. The summed E-state index contributed by atoms with van der Waals surface area (Å²) >= 11 is 0. The topological polar surface area (TPSA) is 237 Å². The standard InChI is InChI=1S/C71H138O17P2/c1-8-11-12-13-14-21-31-38-45-52-68(73)81-58-67(88-71(76)55-48-41-34-27-25-30-37-44-51-64(7)10-3)61-86-90(79,80)84-57-65(72)56-83-89(77,78)85-60-66(59-82-69(74)53-46-39-32-26-24-29-36-43-50-63(6)9-2)87-70(75)54-47-40-33-23-20-18-16-15-17-19-22-28-35-42-49-62(4)5/h62-67,72H,8-61H2,1-7H3,(H,77,78)(H,79,80)/t63?,64?,65-,66-,67-/m1/s1. The molecule has 0 radical (unpaired) electrons. The highest BCUT2D eigenvalue weighted by molar-refractivity contribution is 7.47. The molecule has 0 heterocycles. The van der Waals surface area contributed by atoms with Crippen LogP contribution in [0.15, 0.2) is 0 Å². The summed E-state index contributed by atoms with van der Waals surface area (Å²) in [4.78, 5) is 72.5. The van der Waals surface area contributed by atoms with Gasteiger partial charge in [-0.05, 0) is 43.4 Å². The molecule has 0 amide bonds. The molecule has 0 rings (SSSR count). The summed E-state index contributed by atoms with van der Waals surface area (Å²) in [5, 5.41) is 10.6. The number of carbonyl (C=O) groups excluding carboxylic acids is 4. The van der Waals surface area contributed by atoms with Gasteiger partial charge in [0.05, 0.1) is 26.4 Å². The van der Waals surface area contributed by atoms with Crippen molar-refractivity contribution < 1.29 is 80.2 Å². The monoisotopic (exact) mass is 1320 g/mol. The number of hydrogen-bond acceptors (Lipinski definition) is 15. The summed E-state index contributed by atoms with van der Waals surface area (Å²) < 4.78 is 68.3. The highest BCUT2D eigenvalue weighted by Crippen LogP contribution is 2.45. The first-order valence-electron chi connectivity index (χ1n) is 36.9. The van der Waals surface area contributed by atoms with E-state index in [9.17, 15) is 43.2 Å². The van der Waals surface area contributed by atoms with E-state index in [4.69, 9.17) is 37.0 Å². The largest absolute Gasteiger partial charge is 0.472 e. The SMILES string of the molecule is CCCCCCCCCCCC(=O)OC[C@H](COP(=O)(O)OC[C@H](O)COP(=O)(O)OC[C@@H](COC(=O)CCCCCCCCCCC(C)CC)OC(=O)CCCCCCCCCCCCCCCCC(C)C)OC(=O)CCCCCCCCCCC(C)CC. The summed E-state index contributed by atoms with van der Waals surface area (Å²) in [7, 11) is -9.90. The van der Waals surface area contributed by atoms with Crippen molar-refractivity contribution in [3.63, 3.8) is 0 Å². The zero-order valence-corrected chi connectivity index (χ0v) is 60.4. The van der Waals surface area contributed by atoms with Crippen LogP contribution in [-0.2, 0) is 65.4 Å². The van der Waals surface area contributed by atoms with Gasteiger partial charge < -0.3 is 33.8 Å². The number of carbonyl (C=O) groups is 4. The van der Waals surface area contributed by atoms with Crippen molar-refractivity contribution in [2.75, 3.05) is 39.6 Å². The second-order valence-corrected chi connectivity index (χ2v) is 29.5. The third-order valence-electron chi connectivity index (χ3n) is 17.1. The fourth-order valence-corrected chi connectivity index (χ4v) is 12.2. The van der Waals surface area contributed by atoms with Crippen LogP contribution in [0.5, 0.6) is 0 Å².